The molecule has 94 valence electrons. The molecule has 1 fully saturated rings. The zero-order valence-corrected chi connectivity index (χ0v) is 10.8. The molecule has 0 amide bonds. The standard InChI is InChI=1S/C11H16ClN3O2/c1-8-9(12)14-7-15-10(8)13-5-11(16-2)3-4-17-6-11/h7H,3-6H2,1-2H3,(H,13,14,15). The molecular formula is C11H16ClN3O2. The molecule has 0 radical (unpaired) electrons. The van der Waals surface area contributed by atoms with Gasteiger partial charge in [-0.25, -0.2) is 9.97 Å². The molecule has 1 aromatic rings. The first-order chi connectivity index (χ1) is 8.17. The van der Waals surface area contributed by atoms with E-state index in [4.69, 9.17) is 21.1 Å². The van der Waals surface area contributed by atoms with Gasteiger partial charge in [-0.15, -0.1) is 0 Å². The quantitative estimate of drug-likeness (QED) is 0.832. The largest absolute Gasteiger partial charge is 0.378 e. The van der Waals surface area contributed by atoms with Crippen LogP contribution in [0.25, 0.3) is 0 Å². The van der Waals surface area contributed by atoms with E-state index in [1.807, 2.05) is 6.92 Å². The average molecular weight is 258 g/mol. The van der Waals surface area contributed by atoms with Gasteiger partial charge < -0.3 is 14.8 Å². The van der Waals surface area contributed by atoms with Crippen LogP contribution in [0.3, 0.4) is 0 Å². The van der Waals surface area contributed by atoms with Crippen LogP contribution in [0.2, 0.25) is 5.15 Å². The summed E-state index contributed by atoms with van der Waals surface area (Å²) in [5.74, 6) is 0.744. The fraction of sp³-hybridized carbons (Fsp3) is 0.636. The van der Waals surface area contributed by atoms with Crippen molar-refractivity contribution >= 4 is 17.4 Å². The Hall–Kier alpha value is -0.910. The van der Waals surface area contributed by atoms with E-state index in [1.54, 1.807) is 7.11 Å². The summed E-state index contributed by atoms with van der Waals surface area (Å²) in [6, 6.07) is 0. The molecule has 1 atom stereocenters. The third-order valence-electron chi connectivity index (χ3n) is 3.10. The Morgan fingerprint density at radius 1 is 1.59 bits per heavy atom. The Morgan fingerprint density at radius 2 is 2.41 bits per heavy atom. The number of hydrogen-bond donors (Lipinski definition) is 1. The van der Waals surface area contributed by atoms with E-state index >= 15 is 0 Å². The lowest BCUT2D eigenvalue weighted by molar-refractivity contribution is -0.00626. The zero-order chi connectivity index (χ0) is 12.3. The lowest BCUT2D eigenvalue weighted by atomic mass is 10.0. The number of anilines is 1. The van der Waals surface area contributed by atoms with Crippen molar-refractivity contribution in [2.75, 3.05) is 32.2 Å². The summed E-state index contributed by atoms with van der Waals surface area (Å²) >= 11 is 5.93. The molecule has 0 spiro atoms. The molecule has 0 aromatic carbocycles. The van der Waals surface area contributed by atoms with Gasteiger partial charge in [0.25, 0.3) is 0 Å². The Balaban J connectivity index is 2.04. The highest BCUT2D eigenvalue weighted by molar-refractivity contribution is 6.30. The van der Waals surface area contributed by atoms with Gasteiger partial charge in [0.05, 0.1) is 6.61 Å². The number of nitrogens with zero attached hydrogens (tertiary/aromatic N) is 2. The van der Waals surface area contributed by atoms with E-state index < -0.39 is 0 Å². The molecule has 0 saturated carbocycles. The molecule has 1 N–H and O–H groups in total. The SMILES string of the molecule is COC1(CNc2ncnc(Cl)c2C)CCOC1. The van der Waals surface area contributed by atoms with Gasteiger partial charge in [0.1, 0.15) is 22.9 Å². The summed E-state index contributed by atoms with van der Waals surface area (Å²) in [7, 11) is 1.70. The summed E-state index contributed by atoms with van der Waals surface area (Å²) in [5.41, 5.74) is 0.587. The molecule has 1 aliphatic rings. The summed E-state index contributed by atoms with van der Waals surface area (Å²) in [6.07, 6.45) is 2.33. The number of nitrogens with one attached hydrogen (secondary N) is 1. The molecule has 17 heavy (non-hydrogen) atoms. The van der Waals surface area contributed by atoms with Crippen LogP contribution in [-0.4, -0.2) is 42.4 Å². The number of ether oxygens (including phenoxy) is 2. The Bertz CT molecular complexity index is 394. The van der Waals surface area contributed by atoms with E-state index in [1.165, 1.54) is 6.33 Å². The fourth-order valence-electron chi connectivity index (χ4n) is 1.81. The number of rotatable bonds is 4. The number of methoxy groups -OCH3 is 1. The lowest BCUT2D eigenvalue weighted by Crippen LogP contribution is -2.39. The van der Waals surface area contributed by atoms with E-state index in [2.05, 4.69) is 15.3 Å². The van der Waals surface area contributed by atoms with Gasteiger partial charge in [0, 0.05) is 32.2 Å². The molecule has 1 aliphatic heterocycles. The molecule has 2 rings (SSSR count). The monoisotopic (exact) mass is 257 g/mol. The van der Waals surface area contributed by atoms with Crippen molar-refractivity contribution in [2.24, 2.45) is 0 Å². The molecule has 1 unspecified atom stereocenters. The molecule has 0 bridgehead atoms. The van der Waals surface area contributed by atoms with Crippen molar-refractivity contribution in [1.29, 1.82) is 0 Å². The second-order valence-corrected chi connectivity index (χ2v) is 4.54. The third-order valence-corrected chi connectivity index (χ3v) is 3.48. The number of hydrogen-bond acceptors (Lipinski definition) is 5. The fourth-order valence-corrected chi connectivity index (χ4v) is 1.95. The highest BCUT2D eigenvalue weighted by atomic mass is 35.5. The molecule has 2 heterocycles. The van der Waals surface area contributed by atoms with Gasteiger partial charge in [-0.3, -0.25) is 0 Å². The van der Waals surface area contributed by atoms with Crippen molar-refractivity contribution in [1.82, 2.24) is 9.97 Å². The molecule has 6 heteroatoms. The molecule has 1 saturated heterocycles. The first kappa shape index (κ1) is 12.5. The third kappa shape index (κ3) is 2.68. The minimum absolute atomic E-state index is 0.260. The molecule has 1 aromatic heterocycles. The Labute approximate surface area is 105 Å². The Morgan fingerprint density at radius 3 is 3.06 bits per heavy atom. The zero-order valence-electron chi connectivity index (χ0n) is 9.99. The lowest BCUT2D eigenvalue weighted by Gasteiger charge is -2.26. The predicted octanol–water partition coefficient (Wildman–Crippen LogP) is 1.66. The first-order valence-corrected chi connectivity index (χ1v) is 5.88. The van der Waals surface area contributed by atoms with Crippen molar-refractivity contribution in [2.45, 2.75) is 18.9 Å². The van der Waals surface area contributed by atoms with Crippen LogP contribution in [0.15, 0.2) is 6.33 Å². The van der Waals surface area contributed by atoms with E-state index in [9.17, 15) is 0 Å². The highest BCUT2D eigenvalue weighted by Gasteiger charge is 2.34. The number of aromatic nitrogens is 2. The van der Waals surface area contributed by atoms with Gasteiger partial charge in [-0.05, 0) is 6.92 Å². The maximum Gasteiger partial charge on any atom is 0.137 e. The molecule has 0 aliphatic carbocycles. The van der Waals surface area contributed by atoms with Crippen molar-refractivity contribution in [3.8, 4) is 0 Å². The number of halogens is 1. The minimum atomic E-state index is -0.260. The van der Waals surface area contributed by atoms with Crippen LogP contribution < -0.4 is 5.32 Å². The summed E-state index contributed by atoms with van der Waals surface area (Å²) < 4.78 is 10.9. The summed E-state index contributed by atoms with van der Waals surface area (Å²) in [5, 5.41) is 3.72. The van der Waals surface area contributed by atoms with Gasteiger partial charge in [0.2, 0.25) is 0 Å². The Kier molecular flexibility index (Phi) is 3.81. The van der Waals surface area contributed by atoms with E-state index in [-0.39, 0.29) is 5.60 Å². The summed E-state index contributed by atoms with van der Waals surface area (Å²) in [6.45, 7) is 3.88. The van der Waals surface area contributed by atoms with Gasteiger partial charge in [0.15, 0.2) is 0 Å². The van der Waals surface area contributed by atoms with Crippen LogP contribution in [0.1, 0.15) is 12.0 Å². The van der Waals surface area contributed by atoms with E-state index in [0.29, 0.717) is 18.3 Å². The van der Waals surface area contributed by atoms with Crippen LogP contribution in [0.5, 0.6) is 0 Å². The second kappa shape index (κ2) is 5.16. The van der Waals surface area contributed by atoms with Crippen LogP contribution in [-0.2, 0) is 9.47 Å². The highest BCUT2D eigenvalue weighted by Crippen LogP contribution is 2.24. The smallest absolute Gasteiger partial charge is 0.137 e. The van der Waals surface area contributed by atoms with Crippen molar-refractivity contribution < 1.29 is 9.47 Å². The van der Waals surface area contributed by atoms with Crippen LogP contribution in [0.4, 0.5) is 5.82 Å². The van der Waals surface area contributed by atoms with Crippen LogP contribution >= 0.6 is 11.6 Å². The predicted molar refractivity (Wildman–Crippen MR) is 65.4 cm³/mol. The van der Waals surface area contributed by atoms with Crippen molar-refractivity contribution in [3.63, 3.8) is 0 Å². The minimum Gasteiger partial charge on any atom is -0.378 e. The molecular weight excluding hydrogens is 242 g/mol. The topological polar surface area (TPSA) is 56.3 Å². The van der Waals surface area contributed by atoms with Crippen molar-refractivity contribution in [3.05, 3.63) is 17.0 Å². The van der Waals surface area contributed by atoms with E-state index in [0.717, 1.165) is 24.4 Å². The average Bonchev–Trinajstić information content (AvgIpc) is 2.81. The van der Waals surface area contributed by atoms with Crippen LogP contribution in [0, 0.1) is 6.92 Å². The molecule has 5 nitrogen and oxygen atoms in total. The van der Waals surface area contributed by atoms with Gasteiger partial charge in [-0.1, -0.05) is 11.6 Å². The summed E-state index contributed by atoms with van der Waals surface area (Å²) in [4.78, 5) is 8.08. The first-order valence-electron chi connectivity index (χ1n) is 5.51. The maximum atomic E-state index is 5.93. The van der Waals surface area contributed by atoms with Gasteiger partial charge in [-0.2, -0.15) is 0 Å². The maximum absolute atomic E-state index is 5.93. The van der Waals surface area contributed by atoms with Gasteiger partial charge >= 0.3 is 0 Å². The second-order valence-electron chi connectivity index (χ2n) is 4.18. The normalized spacial score (nSPS) is 23.9.